The highest BCUT2D eigenvalue weighted by Gasteiger charge is 2.18. The summed E-state index contributed by atoms with van der Waals surface area (Å²) in [6.07, 6.45) is 1.83. The van der Waals surface area contributed by atoms with E-state index in [1.807, 2.05) is 0 Å². The first-order valence-corrected chi connectivity index (χ1v) is 5.41. The van der Waals surface area contributed by atoms with Crippen LogP contribution in [0, 0.1) is 11.6 Å². The summed E-state index contributed by atoms with van der Waals surface area (Å²) < 4.78 is 26.4. The third kappa shape index (κ3) is 2.29. The number of rotatable bonds is 1. The highest BCUT2D eigenvalue weighted by molar-refractivity contribution is 6.30. The van der Waals surface area contributed by atoms with Crippen LogP contribution in [-0.2, 0) is 0 Å². The number of benzene rings is 1. The minimum absolute atomic E-state index is 0.243. The summed E-state index contributed by atoms with van der Waals surface area (Å²) in [5.74, 6) is -1.08. The van der Waals surface area contributed by atoms with Gasteiger partial charge in [-0.15, -0.1) is 0 Å². The molecule has 1 nitrogen and oxygen atoms in total. The maximum absolute atomic E-state index is 13.2. The quantitative estimate of drug-likeness (QED) is 0.733. The third-order valence-corrected chi connectivity index (χ3v) is 3.18. The maximum atomic E-state index is 13.2. The molecular weight excluding hydrogens is 220 g/mol. The van der Waals surface area contributed by atoms with Crippen LogP contribution in [0.1, 0.15) is 24.3 Å². The van der Waals surface area contributed by atoms with Crippen molar-refractivity contribution in [3.05, 3.63) is 34.4 Å². The van der Waals surface area contributed by atoms with Crippen molar-refractivity contribution in [1.29, 1.82) is 0 Å². The van der Waals surface area contributed by atoms with Crippen molar-refractivity contribution < 1.29 is 8.78 Å². The standard InChI is InChI=1S/C11H12ClF2N/c12-11-9(13)5-8(6-10(11)14)7-1-3-15-4-2-7/h5-7,15H,1-4H2. The van der Waals surface area contributed by atoms with Crippen molar-refractivity contribution in [2.24, 2.45) is 0 Å². The molecule has 0 radical (unpaired) electrons. The van der Waals surface area contributed by atoms with Gasteiger partial charge in [0.05, 0.1) is 0 Å². The van der Waals surface area contributed by atoms with Gasteiger partial charge >= 0.3 is 0 Å². The minimum atomic E-state index is -0.662. The lowest BCUT2D eigenvalue weighted by atomic mass is 9.90. The van der Waals surface area contributed by atoms with Gasteiger partial charge in [0.25, 0.3) is 0 Å². The first-order chi connectivity index (χ1) is 7.18. The van der Waals surface area contributed by atoms with Crippen LogP contribution in [0.15, 0.2) is 12.1 Å². The van der Waals surface area contributed by atoms with Gasteiger partial charge in [0.2, 0.25) is 0 Å². The molecule has 0 amide bonds. The lowest BCUT2D eigenvalue weighted by Gasteiger charge is -2.23. The molecule has 0 aliphatic carbocycles. The fourth-order valence-electron chi connectivity index (χ4n) is 1.97. The Morgan fingerprint density at radius 2 is 1.67 bits per heavy atom. The van der Waals surface area contributed by atoms with Crippen LogP contribution in [-0.4, -0.2) is 13.1 Å². The smallest absolute Gasteiger partial charge is 0.145 e. The molecule has 1 saturated heterocycles. The van der Waals surface area contributed by atoms with Crippen molar-refractivity contribution in [2.75, 3.05) is 13.1 Å². The molecule has 2 rings (SSSR count). The van der Waals surface area contributed by atoms with Crippen molar-refractivity contribution in [2.45, 2.75) is 18.8 Å². The molecule has 1 N–H and O–H groups in total. The van der Waals surface area contributed by atoms with E-state index in [0.717, 1.165) is 31.5 Å². The number of piperidine rings is 1. The van der Waals surface area contributed by atoms with Crippen molar-refractivity contribution in [1.82, 2.24) is 5.32 Å². The van der Waals surface area contributed by atoms with Gasteiger partial charge in [-0.25, -0.2) is 8.78 Å². The summed E-state index contributed by atoms with van der Waals surface area (Å²) in [6.45, 7) is 1.80. The molecule has 1 aliphatic heterocycles. The van der Waals surface area contributed by atoms with Gasteiger partial charge < -0.3 is 5.32 Å². The molecule has 0 saturated carbocycles. The molecule has 1 heterocycles. The van der Waals surface area contributed by atoms with Crippen LogP contribution in [0.5, 0.6) is 0 Å². The van der Waals surface area contributed by atoms with Crippen LogP contribution in [0.3, 0.4) is 0 Å². The zero-order valence-electron chi connectivity index (χ0n) is 8.19. The highest BCUT2D eigenvalue weighted by Crippen LogP contribution is 2.29. The molecule has 4 heteroatoms. The first-order valence-electron chi connectivity index (χ1n) is 5.03. The molecule has 0 aromatic heterocycles. The van der Waals surface area contributed by atoms with Gasteiger partial charge in [-0.2, -0.15) is 0 Å². The Hall–Kier alpha value is -0.670. The van der Waals surface area contributed by atoms with E-state index in [-0.39, 0.29) is 5.92 Å². The van der Waals surface area contributed by atoms with E-state index in [1.54, 1.807) is 0 Å². The SMILES string of the molecule is Fc1cc(C2CCNCC2)cc(F)c1Cl. The molecular formula is C11H12ClF2N. The first kappa shape index (κ1) is 10.8. The second-order valence-electron chi connectivity index (χ2n) is 3.82. The van der Waals surface area contributed by atoms with E-state index in [0.29, 0.717) is 0 Å². The Morgan fingerprint density at radius 3 is 2.20 bits per heavy atom. The van der Waals surface area contributed by atoms with Gasteiger partial charge in [0.15, 0.2) is 0 Å². The van der Waals surface area contributed by atoms with Gasteiger partial charge in [0, 0.05) is 0 Å². The van der Waals surface area contributed by atoms with Crippen molar-refractivity contribution >= 4 is 11.6 Å². The van der Waals surface area contributed by atoms with Crippen LogP contribution >= 0.6 is 11.6 Å². The molecule has 15 heavy (non-hydrogen) atoms. The predicted molar refractivity (Wildman–Crippen MR) is 56.2 cm³/mol. The molecule has 1 fully saturated rings. The summed E-state index contributed by atoms with van der Waals surface area (Å²) in [5, 5.41) is 2.80. The lowest BCUT2D eigenvalue weighted by Crippen LogP contribution is -2.26. The molecule has 1 aliphatic rings. The summed E-state index contributed by atoms with van der Waals surface area (Å²) in [7, 11) is 0. The summed E-state index contributed by atoms with van der Waals surface area (Å²) in [6, 6.07) is 2.70. The van der Waals surface area contributed by atoms with Gasteiger partial charge in [0.1, 0.15) is 16.7 Å². The molecule has 1 aromatic rings. The average Bonchev–Trinajstić information content (AvgIpc) is 2.26. The van der Waals surface area contributed by atoms with Gasteiger partial charge in [-0.3, -0.25) is 0 Å². The van der Waals surface area contributed by atoms with Crippen molar-refractivity contribution in [3.63, 3.8) is 0 Å². The Labute approximate surface area is 92.4 Å². The average molecular weight is 232 g/mol. The van der Waals surface area contributed by atoms with E-state index in [1.165, 1.54) is 12.1 Å². The summed E-state index contributed by atoms with van der Waals surface area (Å²) in [5.41, 5.74) is 0.718. The van der Waals surface area contributed by atoms with Gasteiger partial charge in [-0.1, -0.05) is 11.6 Å². The summed E-state index contributed by atoms with van der Waals surface area (Å²) in [4.78, 5) is 0. The normalized spacial score (nSPS) is 18.1. The van der Waals surface area contributed by atoms with E-state index >= 15 is 0 Å². The number of hydrogen-bond donors (Lipinski definition) is 1. The fraction of sp³-hybridized carbons (Fsp3) is 0.455. The Kier molecular flexibility index (Phi) is 3.22. The van der Waals surface area contributed by atoms with E-state index in [4.69, 9.17) is 11.6 Å². The van der Waals surface area contributed by atoms with E-state index in [9.17, 15) is 8.78 Å². The van der Waals surface area contributed by atoms with Crippen molar-refractivity contribution in [3.8, 4) is 0 Å². The van der Waals surface area contributed by atoms with Crippen LogP contribution < -0.4 is 5.32 Å². The molecule has 1 aromatic carbocycles. The predicted octanol–water partition coefficient (Wildman–Crippen LogP) is 3.09. The third-order valence-electron chi connectivity index (χ3n) is 2.82. The monoisotopic (exact) mass is 231 g/mol. The molecule has 0 unspecified atom stereocenters. The zero-order chi connectivity index (χ0) is 10.8. The number of hydrogen-bond acceptors (Lipinski definition) is 1. The zero-order valence-corrected chi connectivity index (χ0v) is 8.95. The number of nitrogens with one attached hydrogen (secondary N) is 1. The fourth-order valence-corrected chi connectivity index (χ4v) is 2.08. The molecule has 0 atom stereocenters. The largest absolute Gasteiger partial charge is 0.317 e. The lowest BCUT2D eigenvalue weighted by molar-refractivity contribution is 0.456. The van der Waals surface area contributed by atoms with Crippen LogP contribution in [0.2, 0.25) is 5.02 Å². The van der Waals surface area contributed by atoms with Crippen LogP contribution in [0.25, 0.3) is 0 Å². The Morgan fingerprint density at radius 1 is 1.13 bits per heavy atom. The van der Waals surface area contributed by atoms with E-state index in [2.05, 4.69) is 5.32 Å². The summed E-state index contributed by atoms with van der Waals surface area (Å²) >= 11 is 5.43. The van der Waals surface area contributed by atoms with Crippen LogP contribution in [0.4, 0.5) is 8.78 Å². The topological polar surface area (TPSA) is 12.0 Å². The highest BCUT2D eigenvalue weighted by atomic mass is 35.5. The Bertz CT molecular complexity index is 339. The second-order valence-corrected chi connectivity index (χ2v) is 4.20. The molecule has 82 valence electrons. The van der Waals surface area contributed by atoms with Gasteiger partial charge in [-0.05, 0) is 49.5 Å². The van der Waals surface area contributed by atoms with E-state index < -0.39 is 16.7 Å². The number of halogens is 3. The minimum Gasteiger partial charge on any atom is -0.317 e. The Balaban J connectivity index is 2.27. The maximum Gasteiger partial charge on any atom is 0.145 e. The second kappa shape index (κ2) is 4.45. The molecule has 0 bridgehead atoms. The molecule has 0 spiro atoms.